The summed E-state index contributed by atoms with van der Waals surface area (Å²) in [6.45, 7) is 1.38. The molecule has 2 aromatic heterocycles. The lowest BCUT2D eigenvalue weighted by Crippen LogP contribution is -2.36. The SMILES string of the molecule is O=c1[nH]c(C(F)(F)F)nc2c1CCN(Cc1cc3ccccc3[nH]1)C2. The van der Waals surface area contributed by atoms with Gasteiger partial charge in [-0.15, -0.1) is 0 Å². The number of fused-ring (bicyclic) bond motifs is 2. The molecule has 0 amide bonds. The van der Waals surface area contributed by atoms with E-state index in [0.717, 1.165) is 16.6 Å². The van der Waals surface area contributed by atoms with Crippen LogP contribution in [0.25, 0.3) is 10.9 Å². The zero-order valence-electron chi connectivity index (χ0n) is 13.2. The number of alkyl halides is 3. The first-order valence-corrected chi connectivity index (χ1v) is 7.88. The predicted octanol–water partition coefficient (Wildman–Crippen LogP) is 2.83. The number of hydrogen-bond donors (Lipinski definition) is 2. The van der Waals surface area contributed by atoms with Gasteiger partial charge in [-0.2, -0.15) is 13.2 Å². The fraction of sp³-hybridized carbons (Fsp3) is 0.294. The molecule has 130 valence electrons. The fourth-order valence-corrected chi connectivity index (χ4v) is 3.22. The average molecular weight is 348 g/mol. The molecule has 1 aliphatic heterocycles. The molecule has 0 fully saturated rings. The van der Waals surface area contributed by atoms with Gasteiger partial charge in [0.1, 0.15) is 0 Å². The molecule has 0 radical (unpaired) electrons. The van der Waals surface area contributed by atoms with Crippen LogP contribution in [0.4, 0.5) is 13.2 Å². The van der Waals surface area contributed by atoms with E-state index in [9.17, 15) is 18.0 Å². The first-order valence-electron chi connectivity index (χ1n) is 7.88. The van der Waals surface area contributed by atoms with Gasteiger partial charge in [-0.05, 0) is 23.9 Å². The smallest absolute Gasteiger partial charge is 0.357 e. The van der Waals surface area contributed by atoms with Gasteiger partial charge < -0.3 is 9.97 Å². The molecule has 0 bridgehead atoms. The number of nitrogens with zero attached hydrogens (tertiary/aromatic N) is 2. The highest BCUT2D eigenvalue weighted by molar-refractivity contribution is 5.80. The molecule has 2 N–H and O–H groups in total. The Morgan fingerprint density at radius 1 is 1.20 bits per heavy atom. The van der Waals surface area contributed by atoms with E-state index in [1.54, 1.807) is 0 Å². The Morgan fingerprint density at radius 3 is 2.76 bits per heavy atom. The Balaban J connectivity index is 1.59. The van der Waals surface area contributed by atoms with Crippen LogP contribution in [-0.2, 0) is 25.7 Å². The summed E-state index contributed by atoms with van der Waals surface area (Å²) in [5.41, 5.74) is 1.86. The van der Waals surface area contributed by atoms with Crippen molar-refractivity contribution in [3.05, 3.63) is 63.5 Å². The van der Waals surface area contributed by atoms with Gasteiger partial charge in [-0.3, -0.25) is 9.69 Å². The van der Waals surface area contributed by atoms with Crippen molar-refractivity contribution < 1.29 is 13.2 Å². The lowest BCUT2D eigenvalue weighted by Gasteiger charge is -2.27. The largest absolute Gasteiger partial charge is 0.449 e. The first kappa shape index (κ1) is 15.9. The number of aromatic amines is 2. The van der Waals surface area contributed by atoms with Gasteiger partial charge >= 0.3 is 6.18 Å². The van der Waals surface area contributed by atoms with Crippen LogP contribution >= 0.6 is 0 Å². The minimum absolute atomic E-state index is 0.207. The summed E-state index contributed by atoms with van der Waals surface area (Å²) in [5.74, 6) is -1.23. The summed E-state index contributed by atoms with van der Waals surface area (Å²) in [4.78, 5) is 22.7. The zero-order chi connectivity index (χ0) is 17.6. The predicted molar refractivity (Wildman–Crippen MR) is 86.0 cm³/mol. The number of hydrogen-bond acceptors (Lipinski definition) is 3. The molecule has 25 heavy (non-hydrogen) atoms. The van der Waals surface area contributed by atoms with Gasteiger partial charge in [-0.25, -0.2) is 4.98 Å². The Bertz CT molecular complexity index is 956. The van der Waals surface area contributed by atoms with E-state index in [1.165, 1.54) is 0 Å². The first-order chi connectivity index (χ1) is 11.9. The summed E-state index contributed by atoms with van der Waals surface area (Å²) in [5, 5.41) is 1.09. The van der Waals surface area contributed by atoms with Crippen LogP contribution in [0.5, 0.6) is 0 Å². The molecule has 0 saturated carbocycles. The number of halogens is 3. The van der Waals surface area contributed by atoms with E-state index in [-0.39, 0.29) is 12.2 Å². The Morgan fingerprint density at radius 2 is 2.00 bits per heavy atom. The van der Waals surface area contributed by atoms with Crippen molar-refractivity contribution in [3.63, 3.8) is 0 Å². The normalized spacial score (nSPS) is 15.5. The minimum Gasteiger partial charge on any atom is -0.357 e. The molecule has 0 unspecified atom stereocenters. The maximum atomic E-state index is 12.8. The molecule has 1 aliphatic rings. The fourth-order valence-electron chi connectivity index (χ4n) is 3.22. The maximum absolute atomic E-state index is 12.8. The van der Waals surface area contributed by atoms with E-state index in [4.69, 9.17) is 0 Å². The van der Waals surface area contributed by atoms with Crippen molar-refractivity contribution in [1.82, 2.24) is 19.9 Å². The summed E-state index contributed by atoms with van der Waals surface area (Å²) in [6.07, 6.45) is -4.27. The highest BCUT2D eigenvalue weighted by Crippen LogP contribution is 2.27. The molecular formula is C17H15F3N4O. The van der Waals surface area contributed by atoms with Gasteiger partial charge in [0, 0.05) is 36.4 Å². The lowest BCUT2D eigenvalue weighted by atomic mass is 10.1. The quantitative estimate of drug-likeness (QED) is 0.748. The molecular weight excluding hydrogens is 333 g/mol. The van der Waals surface area contributed by atoms with Crippen molar-refractivity contribution in [2.24, 2.45) is 0 Å². The Kier molecular flexibility index (Phi) is 3.64. The lowest BCUT2D eigenvalue weighted by molar-refractivity contribution is -0.145. The maximum Gasteiger partial charge on any atom is 0.449 e. The average Bonchev–Trinajstić information content (AvgIpc) is 2.95. The molecule has 3 heterocycles. The van der Waals surface area contributed by atoms with E-state index in [2.05, 4.69) is 9.97 Å². The topological polar surface area (TPSA) is 64.8 Å². The van der Waals surface area contributed by atoms with Gasteiger partial charge in [0.25, 0.3) is 5.56 Å². The van der Waals surface area contributed by atoms with Crippen molar-refractivity contribution >= 4 is 10.9 Å². The van der Waals surface area contributed by atoms with Crippen LogP contribution in [0.15, 0.2) is 35.1 Å². The van der Waals surface area contributed by atoms with Crippen molar-refractivity contribution in [2.75, 3.05) is 6.54 Å². The number of H-pyrrole nitrogens is 2. The zero-order valence-corrected chi connectivity index (χ0v) is 13.2. The molecule has 1 aromatic carbocycles. The number of aromatic nitrogens is 3. The number of rotatable bonds is 2. The van der Waals surface area contributed by atoms with Crippen LogP contribution < -0.4 is 5.56 Å². The van der Waals surface area contributed by atoms with Crippen LogP contribution in [-0.4, -0.2) is 26.4 Å². The third-order valence-corrected chi connectivity index (χ3v) is 4.40. The van der Waals surface area contributed by atoms with E-state index >= 15 is 0 Å². The Labute approximate surface area is 140 Å². The van der Waals surface area contributed by atoms with Crippen LogP contribution in [0.1, 0.15) is 22.8 Å². The number of nitrogens with one attached hydrogen (secondary N) is 2. The van der Waals surface area contributed by atoms with Crippen molar-refractivity contribution in [1.29, 1.82) is 0 Å². The summed E-state index contributed by atoms with van der Waals surface area (Å²) in [6, 6.07) is 9.89. The van der Waals surface area contributed by atoms with Crippen molar-refractivity contribution in [2.45, 2.75) is 25.7 Å². The van der Waals surface area contributed by atoms with Crippen LogP contribution in [0, 0.1) is 0 Å². The molecule has 0 aliphatic carbocycles. The van der Waals surface area contributed by atoms with Gasteiger partial charge in [0.05, 0.1) is 5.69 Å². The second-order valence-electron chi connectivity index (χ2n) is 6.18. The summed E-state index contributed by atoms with van der Waals surface area (Å²) < 4.78 is 38.5. The summed E-state index contributed by atoms with van der Waals surface area (Å²) >= 11 is 0. The molecule has 5 nitrogen and oxygen atoms in total. The Hall–Kier alpha value is -2.61. The number of para-hydroxylation sites is 1. The second kappa shape index (κ2) is 5.73. The number of benzene rings is 1. The third-order valence-electron chi connectivity index (χ3n) is 4.40. The molecule has 3 aromatic rings. The highest BCUT2D eigenvalue weighted by atomic mass is 19.4. The van der Waals surface area contributed by atoms with Gasteiger partial charge in [-0.1, -0.05) is 18.2 Å². The molecule has 0 atom stereocenters. The molecule has 0 saturated heterocycles. The third kappa shape index (κ3) is 3.05. The van der Waals surface area contributed by atoms with Gasteiger partial charge in [0.15, 0.2) is 0 Å². The highest BCUT2D eigenvalue weighted by Gasteiger charge is 2.36. The van der Waals surface area contributed by atoms with E-state index < -0.39 is 17.6 Å². The standard InChI is InChI=1S/C17H15F3N4O/c18-17(19,20)16-22-14-9-24(6-5-12(14)15(25)23-16)8-11-7-10-3-1-2-4-13(10)21-11/h1-4,7,21H,5-6,8-9H2,(H,22,23,25). The van der Waals surface area contributed by atoms with Gasteiger partial charge in [0.2, 0.25) is 5.82 Å². The van der Waals surface area contributed by atoms with Crippen molar-refractivity contribution in [3.8, 4) is 0 Å². The molecule has 4 rings (SSSR count). The second-order valence-corrected chi connectivity index (χ2v) is 6.18. The van der Waals surface area contributed by atoms with Crippen LogP contribution in [0.2, 0.25) is 0 Å². The molecule has 8 heteroatoms. The van der Waals surface area contributed by atoms with E-state index in [1.807, 2.05) is 40.2 Å². The van der Waals surface area contributed by atoms with E-state index in [0.29, 0.717) is 25.1 Å². The van der Waals surface area contributed by atoms with Crippen LogP contribution in [0.3, 0.4) is 0 Å². The molecule has 0 spiro atoms. The monoisotopic (exact) mass is 348 g/mol. The minimum atomic E-state index is -4.66. The summed E-state index contributed by atoms with van der Waals surface area (Å²) in [7, 11) is 0.